The lowest BCUT2D eigenvalue weighted by atomic mass is 10.2. The second-order valence-corrected chi connectivity index (χ2v) is 6.12. The molecule has 5 nitrogen and oxygen atoms in total. The molecule has 2 rings (SSSR count). The van der Waals surface area contributed by atoms with E-state index in [1.807, 2.05) is 6.92 Å². The molecule has 7 heteroatoms. The van der Waals surface area contributed by atoms with Crippen molar-refractivity contribution >= 4 is 27.6 Å². The van der Waals surface area contributed by atoms with E-state index in [0.717, 1.165) is 5.56 Å². The third-order valence-corrected chi connectivity index (χ3v) is 4.08. The number of benzene rings is 1. The van der Waals surface area contributed by atoms with E-state index < -0.39 is 10.0 Å². The molecule has 0 unspecified atom stereocenters. The summed E-state index contributed by atoms with van der Waals surface area (Å²) in [7, 11) is -3.60. The number of thiazole rings is 1. The number of hydrazone groups is 1. The van der Waals surface area contributed by atoms with Crippen molar-refractivity contribution in [1.82, 2.24) is 9.82 Å². The minimum absolute atomic E-state index is 0.185. The molecule has 0 fully saturated rings. The summed E-state index contributed by atoms with van der Waals surface area (Å²) in [5.74, 6) is 0. The van der Waals surface area contributed by atoms with Crippen molar-refractivity contribution in [2.75, 3.05) is 0 Å². The van der Waals surface area contributed by atoms with Gasteiger partial charge in [-0.3, -0.25) is 0 Å². The van der Waals surface area contributed by atoms with E-state index in [4.69, 9.17) is 0 Å². The molecule has 0 spiro atoms. The molecule has 1 aromatic heterocycles. The van der Waals surface area contributed by atoms with Gasteiger partial charge in [0.2, 0.25) is 0 Å². The topological polar surface area (TPSA) is 71.4 Å². The van der Waals surface area contributed by atoms with Crippen molar-refractivity contribution in [1.29, 1.82) is 0 Å². The van der Waals surface area contributed by atoms with Gasteiger partial charge in [-0.25, -0.2) is 4.98 Å². The molecule has 0 aliphatic heterocycles. The molecular weight excluding hydrogens is 270 g/mol. The van der Waals surface area contributed by atoms with Gasteiger partial charge in [-0.2, -0.15) is 18.4 Å². The first-order valence-electron chi connectivity index (χ1n) is 5.09. The quantitative estimate of drug-likeness (QED) is 0.685. The summed E-state index contributed by atoms with van der Waals surface area (Å²) >= 11 is 1.38. The number of rotatable bonds is 4. The largest absolute Gasteiger partial charge is 0.276 e. The SMILES string of the molecule is Cc1ccc(S(=O)(=O)N/N=C\c2nccs2)cc1. The van der Waals surface area contributed by atoms with Crippen LogP contribution in [0.15, 0.2) is 45.8 Å². The van der Waals surface area contributed by atoms with E-state index in [9.17, 15) is 8.42 Å². The molecule has 0 aliphatic carbocycles. The van der Waals surface area contributed by atoms with Crippen molar-refractivity contribution < 1.29 is 8.42 Å². The van der Waals surface area contributed by atoms with Gasteiger partial charge in [-0.05, 0) is 19.1 Å². The highest BCUT2D eigenvalue weighted by Crippen LogP contribution is 2.09. The number of aromatic nitrogens is 1. The zero-order valence-corrected chi connectivity index (χ0v) is 11.2. The normalized spacial score (nSPS) is 11.8. The number of nitrogens with zero attached hydrogens (tertiary/aromatic N) is 2. The van der Waals surface area contributed by atoms with Crippen LogP contribution in [0.4, 0.5) is 0 Å². The fraction of sp³-hybridized carbons (Fsp3) is 0.0909. The Balaban J connectivity index is 2.10. The molecule has 0 saturated heterocycles. The summed E-state index contributed by atoms with van der Waals surface area (Å²) in [5.41, 5.74) is 1.00. The van der Waals surface area contributed by atoms with E-state index in [0.29, 0.717) is 5.01 Å². The molecule has 0 saturated carbocycles. The van der Waals surface area contributed by atoms with Gasteiger partial charge in [0.05, 0.1) is 11.1 Å². The molecule has 94 valence electrons. The smallest absolute Gasteiger partial charge is 0.243 e. The van der Waals surface area contributed by atoms with Crippen LogP contribution in [0.25, 0.3) is 0 Å². The highest BCUT2D eigenvalue weighted by Gasteiger charge is 2.11. The van der Waals surface area contributed by atoms with E-state index in [1.54, 1.807) is 23.7 Å². The van der Waals surface area contributed by atoms with E-state index >= 15 is 0 Å². The molecule has 0 aliphatic rings. The van der Waals surface area contributed by atoms with Gasteiger partial charge in [0.15, 0.2) is 0 Å². The van der Waals surface area contributed by atoms with Crippen LogP contribution in [-0.4, -0.2) is 19.6 Å². The van der Waals surface area contributed by atoms with Gasteiger partial charge in [0, 0.05) is 11.6 Å². The summed E-state index contributed by atoms with van der Waals surface area (Å²) in [4.78, 5) is 6.28. The number of hydrogen-bond donors (Lipinski definition) is 1. The lowest BCUT2D eigenvalue weighted by Crippen LogP contribution is -2.18. The van der Waals surface area contributed by atoms with Crippen LogP contribution in [0.5, 0.6) is 0 Å². The predicted octanol–water partition coefficient (Wildman–Crippen LogP) is 1.76. The number of hydrogen-bond acceptors (Lipinski definition) is 5. The first kappa shape index (κ1) is 12.7. The van der Waals surface area contributed by atoms with Crippen LogP contribution < -0.4 is 4.83 Å². The Bertz CT molecular complexity index is 631. The molecule has 2 aromatic rings. The Kier molecular flexibility index (Phi) is 3.73. The molecule has 1 N–H and O–H groups in total. The number of nitrogens with one attached hydrogen (secondary N) is 1. The molecule has 18 heavy (non-hydrogen) atoms. The van der Waals surface area contributed by atoms with Gasteiger partial charge >= 0.3 is 0 Å². The third-order valence-electron chi connectivity index (χ3n) is 2.13. The standard InChI is InChI=1S/C11H11N3O2S2/c1-9-2-4-10(5-3-9)18(15,16)14-13-8-11-12-6-7-17-11/h2-8,14H,1H3/b13-8-. The minimum atomic E-state index is -3.60. The Labute approximate surface area is 109 Å². The van der Waals surface area contributed by atoms with E-state index in [-0.39, 0.29) is 4.90 Å². The maximum atomic E-state index is 11.8. The Morgan fingerprint density at radius 2 is 2.06 bits per heavy atom. The Morgan fingerprint density at radius 1 is 1.33 bits per heavy atom. The van der Waals surface area contributed by atoms with Gasteiger partial charge in [-0.15, -0.1) is 11.3 Å². The summed E-state index contributed by atoms with van der Waals surface area (Å²) in [6.07, 6.45) is 3.00. The van der Waals surface area contributed by atoms with Crippen molar-refractivity contribution in [2.24, 2.45) is 5.10 Å². The predicted molar refractivity (Wildman–Crippen MR) is 71.2 cm³/mol. The van der Waals surface area contributed by atoms with Crippen LogP contribution in [0, 0.1) is 6.92 Å². The second kappa shape index (κ2) is 5.28. The van der Waals surface area contributed by atoms with Gasteiger partial charge in [0.1, 0.15) is 5.01 Å². The highest BCUT2D eigenvalue weighted by molar-refractivity contribution is 7.89. The maximum absolute atomic E-state index is 11.8. The lowest BCUT2D eigenvalue weighted by Gasteiger charge is -2.02. The average Bonchev–Trinajstić information content (AvgIpc) is 2.82. The molecule has 0 bridgehead atoms. The van der Waals surface area contributed by atoms with Crippen LogP contribution in [-0.2, 0) is 10.0 Å². The summed E-state index contributed by atoms with van der Waals surface area (Å²) < 4.78 is 23.7. The van der Waals surface area contributed by atoms with Crippen molar-refractivity contribution in [3.63, 3.8) is 0 Å². The number of sulfonamides is 1. The van der Waals surface area contributed by atoms with Crippen LogP contribution >= 0.6 is 11.3 Å². The van der Waals surface area contributed by atoms with Crippen LogP contribution in [0.2, 0.25) is 0 Å². The number of aryl methyl sites for hydroxylation is 1. The zero-order chi connectivity index (χ0) is 13.0. The Hall–Kier alpha value is -1.73. The van der Waals surface area contributed by atoms with E-state index in [2.05, 4.69) is 14.9 Å². The minimum Gasteiger partial charge on any atom is -0.243 e. The fourth-order valence-corrected chi connectivity index (χ4v) is 2.51. The first-order valence-corrected chi connectivity index (χ1v) is 7.45. The molecule has 1 aromatic carbocycles. The van der Waals surface area contributed by atoms with Crippen molar-refractivity contribution in [3.8, 4) is 0 Å². The molecular formula is C11H11N3O2S2. The fourth-order valence-electron chi connectivity index (χ4n) is 1.22. The van der Waals surface area contributed by atoms with Gasteiger partial charge in [-0.1, -0.05) is 17.7 Å². The molecule has 0 radical (unpaired) electrons. The second-order valence-electron chi connectivity index (χ2n) is 3.54. The Morgan fingerprint density at radius 3 is 2.67 bits per heavy atom. The highest BCUT2D eigenvalue weighted by atomic mass is 32.2. The molecule has 0 atom stereocenters. The van der Waals surface area contributed by atoms with E-state index in [1.165, 1.54) is 29.7 Å². The zero-order valence-electron chi connectivity index (χ0n) is 9.57. The average molecular weight is 281 g/mol. The lowest BCUT2D eigenvalue weighted by molar-refractivity contribution is 0.584. The molecule has 1 heterocycles. The first-order chi connectivity index (χ1) is 8.58. The van der Waals surface area contributed by atoms with Crippen LogP contribution in [0.3, 0.4) is 0 Å². The molecule has 0 amide bonds. The third kappa shape index (κ3) is 3.14. The van der Waals surface area contributed by atoms with Gasteiger partial charge < -0.3 is 0 Å². The summed E-state index contributed by atoms with van der Waals surface area (Å²) in [6, 6.07) is 6.55. The van der Waals surface area contributed by atoms with Crippen LogP contribution in [0.1, 0.15) is 10.6 Å². The maximum Gasteiger partial charge on any atom is 0.276 e. The van der Waals surface area contributed by atoms with Crippen molar-refractivity contribution in [3.05, 3.63) is 46.4 Å². The van der Waals surface area contributed by atoms with Gasteiger partial charge in [0.25, 0.3) is 10.0 Å². The van der Waals surface area contributed by atoms with Crippen molar-refractivity contribution in [2.45, 2.75) is 11.8 Å². The summed E-state index contributed by atoms with van der Waals surface area (Å²) in [5, 5.41) is 6.10. The monoisotopic (exact) mass is 281 g/mol. The summed E-state index contributed by atoms with van der Waals surface area (Å²) in [6.45, 7) is 1.89.